The van der Waals surface area contributed by atoms with Crippen molar-refractivity contribution in [2.45, 2.75) is 4.90 Å². The summed E-state index contributed by atoms with van der Waals surface area (Å²) >= 11 is 1.48. The van der Waals surface area contributed by atoms with E-state index in [0.29, 0.717) is 5.75 Å². The van der Waals surface area contributed by atoms with Crippen LogP contribution in [0, 0.1) is 0 Å². The molecule has 2 N–H and O–H groups in total. The number of thioether (sulfide) groups is 1. The third-order valence-electron chi connectivity index (χ3n) is 1.20. The van der Waals surface area contributed by atoms with Crippen molar-refractivity contribution in [3.63, 3.8) is 0 Å². The fourth-order valence-corrected chi connectivity index (χ4v) is 1.47. The zero-order valence-corrected chi connectivity index (χ0v) is 6.90. The largest absolute Gasteiger partial charge is 0.399 e. The normalized spacial score (nSPS) is 9.91. The molecule has 0 fully saturated rings. The molecule has 0 radical (unpaired) electrons. The van der Waals surface area contributed by atoms with E-state index in [4.69, 9.17) is 5.73 Å². The molecule has 0 aliphatic rings. The molecule has 0 atom stereocenters. The van der Waals surface area contributed by atoms with Crippen LogP contribution in [0.4, 0.5) is 10.1 Å². The summed E-state index contributed by atoms with van der Waals surface area (Å²) in [6.07, 6.45) is 0. The maximum Gasteiger partial charge on any atom is 0.0988 e. The molecule has 0 aromatic heterocycles. The Morgan fingerprint density at radius 2 is 2.27 bits per heavy atom. The molecule has 3 heteroatoms. The summed E-state index contributed by atoms with van der Waals surface area (Å²) in [5.41, 5.74) is 6.25. The van der Waals surface area contributed by atoms with Gasteiger partial charge in [-0.05, 0) is 18.2 Å². The van der Waals surface area contributed by atoms with Crippen molar-refractivity contribution in [2.24, 2.45) is 0 Å². The Balaban J connectivity index is 2.56. The van der Waals surface area contributed by atoms with Gasteiger partial charge in [-0.15, -0.1) is 11.8 Å². The minimum absolute atomic E-state index is 0.292. The van der Waals surface area contributed by atoms with E-state index in [1.807, 2.05) is 24.3 Å². The lowest BCUT2D eigenvalue weighted by atomic mass is 10.3. The van der Waals surface area contributed by atoms with Gasteiger partial charge in [0.25, 0.3) is 0 Å². The molecule has 60 valence electrons. The number of hydrogen-bond acceptors (Lipinski definition) is 2. The Morgan fingerprint density at radius 1 is 1.45 bits per heavy atom. The van der Waals surface area contributed by atoms with Crippen molar-refractivity contribution in [3.05, 3.63) is 24.3 Å². The molecular weight excluding hydrogens is 161 g/mol. The summed E-state index contributed by atoms with van der Waals surface area (Å²) in [6, 6.07) is 7.46. The molecule has 0 aliphatic heterocycles. The second-order valence-electron chi connectivity index (χ2n) is 2.11. The van der Waals surface area contributed by atoms with Crippen LogP contribution in [0.5, 0.6) is 0 Å². The molecule has 0 amide bonds. The number of halogens is 1. The molecule has 0 heterocycles. The van der Waals surface area contributed by atoms with Crippen LogP contribution in [0.1, 0.15) is 0 Å². The number of hydrogen-bond donors (Lipinski definition) is 1. The zero-order chi connectivity index (χ0) is 8.10. The fourth-order valence-electron chi connectivity index (χ4n) is 0.761. The topological polar surface area (TPSA) is 26.0 Å². The Labute approximate surface area is 69.8 Å². The molecule has 11 heavy (non-hydrogen) atoms. The number of anilines is 1. The molecule has 0 saturated carbocycles. The van der Waals surface area contributed by atoms with Crippen molar-refractivity contribution in [2.75, 3.05) is 18.2 Å². The predicted molar refractivity (Wildman–Crippen MR) is 47.6 cm³/mol. The van der Waals surface area contributed by atoms with Gasteiger partial charge in [-0.3, -0.25) is 4.39 Å². The highest BCUT2D eigenvalue weighted by Gasteiger charge is 1.92. The third-order valence-corrected chi connectivity index (χ3v) is 2.15. The SMILES string of the molecule is Nc1cccc(SCCF)c1. The third kappa shape index (κ3) is 2.80. The second kappa shape index (κ2) is 4.23. The standard InChI is InChI=1S/C8H10FNS/c9-4-5-11-8-3-1-2-7(10)6-8/h1-3,6H,4-5,10H2. The molecule has 1 aromatic rings. The minimum atomic E-state index is -0.292. The fraction of sp³-hybridized carbons (Fsp3) is 0.250. The van der Waals surface area contributed by atoms with Gasteiger partial charge in [0, 0.05) is 16.3 Å². The molecular formula is C8H10FNS. The monoisotopic (exact) mass is 171 g/mol. The Bertz CT molecular complexity index is 227. The van der Waals surface area contributed by atoms with E-state index in [1.54, 1.807) is 0 Å². The van der Waals surface area contributed by atoms with Crippen LogP contribution in [-0.4, -0.2) is 12.4 Å². The van der Waals surface area contributed by atoms with Crippen LogP contribution >= 0.6 is 11.8 Å². The Morgan fingerprint density at radius 3 is 2.91 bits per heavy atom. The van der Waals surface area contributed by atoms with Crippen LogP contribution in [0.25, 0.3) is 0 Å². The average molecular weight is 171 g/mol. The molecule has 1 rings (SSSR count). The maximum atomic E-state index is 11.7. The highest BCUT2D eigenvalue weighted by Crippen LogP contribution is 2.19. The highest BCUT2D eigenvalue weighted by atomic mass is 32.2. The minimum Gasteiger partial charge on any atom is -0.399 e. The van der Waals surface area contributed by atoms with E-state index in [0.717, 1.165) is 10.6 Å². The van der Waals surface area contributed by atoms with Crippen molar-refractivity contribution in [3.8, 4) is 0 Å². The van der Waals surface area contributed by atoms with Crippen molar-refractivity contribution < 1.29 is 4.39 Å². The summed E-state index contributed by atoms with van der Waals surface area (Å²) in [6.45, 7) is -0.292. The quantitative estimate of drug-likeness (QED) is 0.558. The van der Waals surface area contributed by atoms with E-state index < -0.39 is 0 Å². The number of benzene rings is 1. The van der Waals surface area contributed by atoms with Crippen molar-refractivity contribution >= 4 is 17.4 Å². The van der Waals surface area contributed by atoms with Gasteiger partial charge in [0.2, 0.25) is 0 Å². The van der Waals surface area contributed by atoms with Crippen molar-refractivity contribution in [1.82, 2.24) is 0 Å². The highest BCUT2D eigenvalue weighted by molar-refractivity contribution is 7.99. The first kappa shape index (κ1) is 8.40. The lowest BCUT2D eigenvalue weighted by Crippen LogP contribution is -1.85. The lowest BCUT2D eigenvalue weighted by molar-refractivity contribution is 0.533. The number of alkyl halides is 1. The summed E-state index contributed by atoms with van der Waals surface area (Å²) in [4.78, 5) is 1.03. The molecule has 0 saturated heterocycles. The first-order chi connectivity index (χ1) is 5.33. The maximum absolute atomic E-state index is 11.7. The second-order valence-corrected chi connectivity index (χ2v) is 3.28. The van der Waals surface area contributed by atoms with Crippen LogP contribution in [0.2, 0.25) is 0 Å². The van der Waals surface area contributed by atoms with E-state index in [9.17, 15) is 4.39 Å². The van der Waals surface area contributed by atoms with Crippen molar-refractivity contribution in [1.29, 1.82) is 0 Å². The van der Waals surface area contributed by atoms with E-state index >= 15 is 0 Å². The molecule has 0 aliphatic carbocycles. The van der Waals surface area contributed by atoms with Crippen LogP contribution < -0.4 is 5.73 Å². The summed E-state index contributed by atoms with van der Waals surface area (Å²) in [5, 5.41) is 0. The Hall–Kier alpha value is -0.700. The molecule has 1 nitrogen and oxygen atoms in total. The van der Waals surface area contributed by atoms with Gasteiger partial charge in [0.05, 0.1) is 6.67 Å². The first-order valence-electron chi connectivity index (χ1n) is 3.37. The summed E-state index contributed by atoms with van der Waals surface area (Å²) in [7, 11) is 0. The van der Waals surface area contributed by atoms with E-state index in [-0.39, 0.29) is 6.67 Å². The smallest absolute Gasteiger partial charge is 0.0988 e. The predicted octanol–water partition coefficient (Wildman–Crippen LogP) is 2.33. The molecule has 0 bridgehead atoms. The zero-order valence-electron chi connectivity index (χ0n) is 6.09. The number of nitrogen functional groups attached to an aromatic ring is 1. The van der Waals surface area contributed by atoms with E-state index in [2.05, 4.69) is 0 Å². The summed E-state index contributed by atoms with van der Waals surface area (Å²) < 4.78 is 11.7. The van der Waals surface area contributed by atoms with Gasteiger partial charge < -0.3 is 5.73 Å². The van der Waals surface area contributed by atoms with Crippen LogP contribution in [0.15, 0.2) is 29.2 Å². The average Bonchev–Trinajstić information content (AvgIpc) is 2.01. The van der Waals surface area contributed by atoms with Gasteiger partial charge in [-0.25, -0.2) is 0 Å². The van der Waals surface area contributed by atoms with Gasteiger partial charge in [0.1, 0.15) is 0 Å². The Kier molecular flexibility index (Phi) is 3.23. The van der Waals surface area contributed by atoms with Gasteiger partial charge >= 0.3 is 0 Å². The molecule has 1 aromatic carbocycles. The van der Waals surface area contributed by atoms with Crippen LogP contribution in [0.3, 0.4) is 0 Å². The van der Waals surface area contributed by atoms with Gasteiger partial charge in [-0.2, -0.15) is 0 Å². The van der Waals surface area contributed by atoms with Gasteiger partial charge in [0.15, 0.2) is 0 Å². The lowest BCUT2D eigenvalue weighted by Gasteiger charge is -1.98. The molecule has 0 spiro atoms. The van der Waals surface area contributed by atoms with E-state index in [1.165, 1.54) is 11.8 Å². The summed E-state index contributed by atoms with van der Waals surface area (Å²) in [5.74, 6) is 0.503. The van der Waals surface area contributed by atoms with Crippen LogP contribution in [-0.2, 0) is 0 Å². The first-order valence-corrected chi connectivity index (χ1v) is 4.36. The number of nitrogens with two attached hydrogens (primary N) is 1. The molecule has 0 unspecified atom stereocenters. The number of rotatable bonds is 3. The van der Waals surface area contributed by atoms with Gasteiger partial charge in [-0.1, -0.05) is 6.07 Å².